The lowest BCUT2D eigenvalue weighted by Gasteiger charge is -2.17. The molecule has 3 aromatic rings. The number of methoxy groups -OCH3 is 1. The summed E-state index contributed by atoms with van der Waals surface area (Å²) >= 11 is 6.62. The lowest BCUT2D eigenvalue weighted by atomic mass is 10.0. The fourth-order valence-electron chi connectivity index (χ4n) is 3.86. The van der Waals surface area contributed by atoms with Crippen LogP contribution >= 0.6 is 11.6 Å². The Morgan fingerprint density at radius 3 is 2.35 bits per heavy atom. The molecular formula is C24H29ClN4O7S. The molecule has 0 saturated carbocycles. The zero-order valence-corrected chi connectivity index (χ0v) is 23.2. The van der Waals surface area contributed by atoms with E-state index >= 15 is 0 Å². The van der Waals surface area contributed by atoms with Crippen LogP contribution < -0.4 is 4.74 Å². The topological polar surface area (TPSA) is 132 Å². The number of nitrogens with zero attached hydrogens (tertiary/aromatic N) is 4. The lowest BCUT2D eigenvalue weighted by Crippen LogP contribution is -2.17. The molecule has 3 rings (SSSR count). The third-order valence-electron chi connectivity index (χ3n) is 5.58. The largest absolute Gasteiger partial charge is 0.403 e. The van der Waals surface area contributed by atoms with Crippen LogP contribution in [0.15, 0.2) is 23.2 Å². The van der Waals surface area contributed by atoms with Crippen LogP contribution in [0.4, 0.5) is 0 Å². The van der Waals surface area contributed by atoms with Crippen LogP contribution in [-0.2, 0) is 40.0 Å². The van der Waals surface area contributed by atoms with Gasteiger partial charge in [-0.25, -0.2) is 17.9 Å². The van der Waals surface area contributed by atoms with Crippen molar-refractivity contribution in [2.75, 3.05) is 20.0 Å². The number of ether oxygens (including phenoxy) is 3. The number of hydrogen-bond donors (Lipinski definition) is 0. The van der Waals surface area contributed by atoms with E-state index in [-0.39, 0.29) is 57.4 Å². The summed E-state index contributed by atoms with van der Waals surface area (Å²) in [4.78, 5) is 26.5. The Morgan fingerprint density at radius 2 is 1.78 bits per heavy atom. The van der Waals surface area contributed by atoms with Crippen LogP contribution in [0.1, 0.15) is 50.2 Å². The highest BCUT2D eigenvalue weighted by Gasteiger charge is 2.30. The Balaban J connectivity index is 2.06. The second-order valence-electron chi connectivity index (χ2n) is 8.66. The SMILES string of the molecule is COCC(C)OCc1c(S(C)(=O)=O)ccc(C(=O)c2c(C)nn(C)c2OC(=O)c2cn(C)nc2C)c1Cl. The van der Waals surface area contributed by atoms with Crippen molar-refractivity contribution in [3.63, 3.8) is 0 Å². The zero-order valence-electron chi connectivity index (χ0n) is 21.7. The molecule has 1 aromatic carbocycles. The van der Waals surface area contributed by atoms with Gasteiger partial charge in [0.2, 0.25) is 11.7 Å². The van der Waals surface area contributed by atoms with E-state index in [9.17, 15) is 18.0 Å². The predicted octanol–water partition coefficient (Wildman–Crippen LogP) is 2.83. The Kier molecular flexibility index (Phi) is 8.58. The highest BCUT2D eigenvalue weighted by atomic mass is 35.5. The summed E-state index contributed by atoms with van der Waals surface area (Å²) in [5, 5.41) is 8.30. The molecule has 1 unspecified atom stereocenters. The lowest BCUT2D eigenvalue weighted by molar-refractivity contribution is -0.000894. The maximum absolute atomic E-state index is 13.7. The van der Waals surface area contributed by atoms with Gasteiger partial charge in [0, 0.05) is 44.8 Å². The van der Waals surface area contributed by atoms with E-state index in [0.717, 1.165) is 6.26 Å². The summed E-state index contributed by atoms with van der Waals surface area (Å²) in [7, 11) is 1.04. The molecule has 1 atom stereocenters. The Morgan fingerprint density at radius 1 is 1.11 bits per heavy atom. The van der Waals surface area contributed by atoms with Crippen molar-refractivity contribution in [3.05, 3.63) is 57.0 Å². The quantitative estimate of drug-likeness (QED) is 0.275. The molecule has 0 radical (unpaired) electrons. The van der Waals surface area contributed by atoms with E-state index in [1.54, 1.807) is 27.8 Å². The first-order chi connectivity index (χ1) is 17.3. The zero-order chi connectivity index (χ0) is 27.7. The van der Waals surface area contributed by atoms with Gasteiger partial charge in [-0.3, -0.25) is 9.48 Å². The molecule has 0 fully saturated rings. The second kappa shape index (κ2) is 11.1. The van der Waals surface area contributed by atoms with Gasteiger partial charge in [0.1, 0.15) is 11.1 Å². The number of ketones is 1. The van der Waals surface area contributed by atoms with Crippen LogP contribution in [0, 0.1) is 13.8 Å². The van der Waals surface area contributed by atoms with Crippen LogP contribution in [0.3, 0.4) is 0 Å². The highest BCUT2D eigenvalue weighted by Crippen LogP contribution is 2.33. The summed E-state index contributed by atoms with van der Waals surface area (Å²) in [5.74, 6) is -1.37. The second-order valence-corrected chi connectivity index (χ2v) is 11.0. The minimum Gasteiger partial charge on any atom is -0.403 e. The van der Waals surface area contributed by atoms with Crippen LogP contribution in [0.5, 0.6) is 5.88 Å². The minimum absolute atomic E-state index is 0.0121. The molecule has 2 aromatic heterocycles. The highest BCUT2D eigenvalue weighted by molar-refractivity contribution is 7.90. The van der Waals surface area contributed by atoms with Gasteiger partial charge in [-0.2, -0.15) is 10.2 Å². The number of halogens is 1. The smallest absolute Gasteiger partial charge is 0.348 e. The third kappa shape index (κ3) is 6.09. The molecule has 200 valence electrons. The molecule has 37 heavy (non-hydrogen) atoms. The van der Waals surface area contributed by atoms with Crippen LogP contribution in [0.25, 0.3) is 0 Å². The Labute approximate surface area is 220 Å². The van der Waals surface area contributed by atoms with E-state index in [4.69, 9.17) is 25.8 Å². The van der Waals surface area contributed by atoms with E-state index in [0.29, 0.717) is 11.4 Å². The number of hydrogen-bond acceptors (Lipinski definition) is 9. The molecule has 0 spiro atoms. The summed E-state index contributed by atoms with van der Waals surface area (Å²) in [6, 6.07) is 2.64. The molecule has 0 aliphatic carbocycles. The summed E-state index contributed by atoms with van der Waals surface area (Å²) in [5.41, 5.74) is 1.17. The normalized spacial score (nSPS) is 12.5. The number of rotatable bonds is 10. The van der Waals surface area contributed by atoms with Crippen LogP contribution in [-0.4, -0.2) is 65.8 Å². The molecule has 0 aliphatic rings. The molecular weight excluding hydrogens is 524 g/mol. The van der Waals surface area contributed by atoms with Gasteiger partial charge < -0.3 is 14.2 Å². The van der Waals surface area contributed by atoms with Crippen molar-refractivity contribution in [3.8, 4) is 5.88 Å². The first kappa shape index (κ1) is 28.5. The summed E-state index contributed by atoms with van der Waals surface area (Å²) in [6.45, 7) is 5.13. The molecule has 0 bridgehead atoms. The third-order valence-corrected chi connectivity index (χ3v) is 7.19. The number of benzene rings is 1. The van der Waals surface area contributed by atoms with Crippen molar-refractivity contribution < 1.29 is 32.2 Å². The van der Waals surface area contributed by atoms with Crippen molar-refractivity contribution in [2.24, 2.45) is 14.1 Å². The molecule has 13 heteroatoms. The Bertz CT molecular complexity index is 1460. The number of carbonyl (C=O) groups excluding carboxylic acids is 2. The Hall–Kier alpha value is -3.06. The monoisotopic (exact) mass is 552 g/mol. The van der Waals surface area contributed by atoms with Gasteiger partial charge in [-0.05, 0) is 32.9 Å². The van der Waals surface area contributed by atoms with Crippen LogP contribution in [0.2, 0.25) is 5.02 Å². The van der Waals surface area contributed by atoms with E-state index in [1.165, 1.54) is 41.9 Å². The minimum atomic E-state index is -3.68. The number of sulfone groups is 1. The molecule has 0 saturated heterocycles. The maximum Gasteiger partial charge on any atom is 0.348 e. The number of carbonyl (C=O) groups is 2. The van der Waals surface area contributed by atoms with Gasteiger partial charge in [0.15, 0.2) is 9.84 Å². The average molecular weight is 553 g/mol. The van der Waals surface area contributed by atoms with Gasteiger partial charge in [0.05, 0.1) is 40.6 Å². The van der Waals surface area contributed by atoms with E-state index < -0.39 is 21.6 Å². The fraction of sp³-hybridized carbons (Fsp3) is 0.417. The van der Waals surface area contributed by atoms with Crippen molar-refractivity contribution in [1.82, 2.24) is 19.6 Å². The molecule has 0 N–H and O–H groups in total. The molecule has 11 nitrogen and oxygen atoms in total. The summed E-state index contributed by atoms with van der Waals surface area (Å²) in [6.07, 6.45) is 2.21. The number of esters is 1. The standard InChI is InChI=1S/C24H29ClN4O7S/c1-13(11-34-6)35-12-18-19(37(7,32)33)9-8-16(21(18)25)22(30)20-15(3)27-29(5)23(20)36-24(31)17-10-28(4)26-14(17)2/h8-10,13H,11-12H2,1-7H3. The number of aryl methyl sites for hydroxylation is 4. The van der Waals surface area contributed by atoms with Gasteiger partial charge in [-0.15, -0.1) is 0 Å². The molecule has 0 aliphatic heterocycles. The van der Waals surface area contributed by atoms with Crippen molar-refractivity contribution in [2.45, 2.75) is 38.4 Å². The maximum atomic E-state index is 13.7. The summed E-state index contributed by atoms with van der Waals surface area (Å²) < 4.78 is 44.0. The first-order valence-corrected chi connectivity index (χ1v) is 13.5. The number of aromatic nitrogens is 4. The molecule has 0 amide bonds. The van der Waals surface area contributed by atoms with Gasteiger partial charge >= 0.3 is 5.97 Å². The van der Waals surface area contributed by atoms with Crippen molar-refractivity contribution >= 4 is 33.2 Å². The van der Waals surface area contributed by atoms with Gasteiger partial charge in [0.25, 0.3) is 0 Å². The van der Waals surface area contributed by atoms with E-state index in [1.807, 2.05) is 0 Å². The predicted molar refractivity (Wildman–Crippen MR) is 135 cm³/mol. The fourth-order valence-corrected chi connectivity index (χ4v) is 5.15. The molecule has 2 heterocycles. The van der Waals surface area contributed by atoms with Gasteiger partial charge in [-0.1, -0.05) is 11.6 Å². The average Bonchev–Trinajstić information content (AvgIpc) is 3.28. The van der Waals surface area contributed by atoms with E-state index in [2.05, 4.69) is 10.2 Å². The van der Waals surface area contributed by atoms with Crippen molar-refractivity contribution in [1.29, 1.82) is 0 Å². The first-order valence-electron chi connectivity index (χ1n) is 11.2.